The molecule has 0 aliphatic heterocycles. The predicted octanol–water partition coefficient (Wildman–Crippen LogP) is 3.56. The van der Waals surface area contributed by atoms with E-state index in [0.29, 0.717) is 6.54 Å². The van der Waals surface area contributed by atoms with Crippen LogP contribution in [0.2, 0.25) is 0 Å². The molecule has 0 fully saturated rings. The fourth-order valence-corrected chi connectivity index (χ4v) is 2.23. The molecular formula is C17H17N3O. The zero-order chi connectivity index (χ0) is 14.7. The number of nitrogens with zero attached hydrogens (tertiary/aromatic N) is 2. The zero-order valence-corrected chi connectivity index (χ0v) is 12.1. The van der Waals surface area contributed by atoms with Crippen LogP contribution in [0.4, 0.5) is 5.69 Å². The fraction of sp³-hybridized carbons (Fsp3) is 0.176. The highest BCUT2D eigenvalue weighted by atomic mass is 16.5. The quantitative estimate of drug-likeness (QED) is 0.793. The summed E-state index contributed by atoms with van der Waals surface area (Å²) >= 11 is 0. The summed E-state index contributed by atoms with van der Waals surface area (Å²) in [4.78, 5) is 9.02. The second-order valence-electron chi connectivity index (χ2n) is 4.91. The fourth-order valence-electron chi connectivity index (χ4n) is 2.23. The van der Waals surface area contributed by atoms with Crippen LogP contribution in [0.3, 0.4) is 0 Å². The van der Waals surface area contributed by atoms with Gasteiger partial charge in [-0.3, -0.25) is 4.98 Å². The summed E-state index contributed by atoms with van der Waals surface area (Å²) in [5, 5.41) is 3.36. The van der Waals surface area contributed by atoms with Gasteiger partial charge in [0.1, 0.15) is 5.75 Å². The average Bonchev–Trinajstić information content (AvgIpc) is 2.53. The van der Waals surface area contributed by atoms with E-state index in [1.54, 1.807) is 13.3 Å². The molecule has 2 aromatic carbocycles. The Balaban J connectivity index is 1.81. The lowest BCUT2D eigenvalue weighted by atomic mass is 10.2. The number of benzene rings is 2. The molecule has 1 heterocycles. The number of para-hydroxylation sites is 2. The number of hydrogen-bond acceptors (Lipinski definition) is 4. The third kappa shape index (κ3) is 2.94. The van der Waals surface area contributed by atoms with Crippen molar-refractivity contribution in [2.24, 2.45) is 0 Å². The lowest BCUT2D eigenvalue weighted by Crippen LogP contribution is -2.04. The van der Waals surface area contributed by atoms with Crippen LogP contribution < -0.4 is 10.1 Å². The molecule has 1 aromatic heterocycles. The van der Waals surface area contributed by atoms with Gasteiger partial charge in [-0.25, -0.2) is 4.98 Å². The molecule has 0 unspecified atom stereocenters. The molecule has 21 heavy (non-hydrogen) atoms. The van der Waals surface area contributed by atoms with E-state index in [0.717, 1.165) is 28.2 Å². The minimum atomic E-state index is 0.609. The van der Waals surface area contributed by atoms with Crippen molar-refractivity contribution >= 4 is 16.7 Å². The summed E-state index contributed by atoms with van der Waals surface area (Å²) in [6.45, 7) is 2.66. The van der Waals surface area contributed by atoms with Gasteiger partial charge in [0.25, 0.3) is 0 Å². The van der Waals surface area contributed by atoms with Crippen molar-refractivity contribution in [3.8, 4) is 5.75 Å². The van der Waals surface area contributed by atoms with Gasteiger partial charge in [0, 0.05) is 0 Å². The number of ether oxygens (including phenoxy) is 1. The number of aryl methyl sites for hydroxylation is 1. The summed E-state index contributed by atoms with van der Waals surface area (Å²) in [5.41, 5.74) is 4.87. The van der Waals surface area contributed by atoms with Gasteiger partial charge in [-0.2, -0.15) is 0 Å². The zero-order valence-electron chi connectivity index (χ0n) is 12.1. The van der Waals surface area contributed by atoms with Gasteiger partial charge in [0.05, 0.1) is 42.3 Å². The van der Waals surface area contributed by atoms with E-state index in [4.69, 9.17) is 4.74 Å². The molecule has 0 saturated heterocycles. The first-order valence-electron chi connectivity index (χ1n) is 6.85. The highest BCUT2D eigenvalue weighted by Gasteiger charge is 2.04. The first kappa shape index (κ1) is 13.4. The van der Waals surface area contributed by atoms with Crippen LogP contribution in [0.15, 0.2) is 48.7 Å². The molecule has 0 radical (unpaired) electrons. The molecule has 0 spiro atoms. The molecule has 0 aliphatic rings. The Morgan fingerprint density at radius 2 is 1.90 bits per heavy atom. The maximum atomic E-state index is 5.36. The Labute approximate surface area is 123 Å². The van der Waals surface area contributed by atoms with E-state index in [9.17, 15) is 0 Å². The van der Waals surface area contributed by atoms with Crippen LogP contribution in [0.1, 0.15) is 11.3 Å². The largest absolute Gasteiger partial charge is 0.495 e. The second-order valence-corrected chi connectivity index (χ2v) is 4.91. The number of aromatic nitrogens is 2. The predicted molar refractivity (Wildman–Crippen MR) is 84.6 cm³/mol. The molecular weight excluding hydrogens is 262 g/mol. The standard InChI is InChI=1S/C17H17N3O/c1-12-7-8-17(21-2)16(9-12)19-11-13-10-18-14-5-3-4-6-15(14)20-13/h3-10,19H,11H2,1-2H3. The number of nitrogens with one attached hydrogen (secondary N) is 1. The molecule has 0 bridgehead atoms. The van der Waals surface area contributed by atoms with Crippen molar-refractivity contribution in [2.75, 3.05) is 12.4 Å². The van der Waals surface area contributed by atoms with Crippen molar-refractivity contribution in [3.05, 3.63) is 59.9 Å². The molecule has 0 amide bonds. The maximum Gasteiger partial charge on any atom is 0.141 e. The molecule has 4 heteroatoms. The third-order valence-electron chi connectivity index (χ3n) is 3.31. The Bertz CT molecular complexity index is 771. The minimum Gasteiger partial charge on any atom is -0.495 e. The summed E-state index contributed by atoms with van der Waals surface area (Å²) in [6, 6.07) is 13.9. The van der Waals surface area contributed by atoms with Crippen molar-refractivity contribution in [1.82, 2.24) is 9.97 Å². The number of anilines is 1. The van der Waals surface area contributed by atoms with Gasteiger partial charge in [0.15, 0.2) is 0 Å². The van der Waals surface area contributed by atoms with Gasteiger partial charge >= 0.3 is 0 Å². The van der Waals surface area contributed by atoms with E-state index < -0.39 is 0 Å². The Morgan fingerprint density at radius 1 is 1.10 bits per heavy atom. The van der Waals surface area contributed by atoms with Gasteiger partial charge < -0.3 is 10.1 Å². The van der Waals surface area contributed by atoms with Crippen molar-refractivity contribution in [2.45, 2.75) is 13.5 Å². The van der Waals surface area contributed by atoms with Gasteiger partial charge in [-0.1, -0.05) is 18.2 Å². The molecule has 0 atom stereocenters. The molecule has 0 saturated carbocycles. The van der Waals surface area contributed by atoms with E-state index in [-0.39, 0.29) is 0 Å². The van der Waals surface area contributed by atoms with Crippen LogP contribution in [0, 0.1) is 6.92 Å². The number of fused-ring (bicyclic) bond motifs is 1. The van der Waals surface area contributed by atoms with Crippen molar-refractivity contribution in [1.29, 1.82) is 0 Å². The van der Waals surface area contributed by atoms with Crippen LogP contribution in [0.5, 0.6) is 5.75 Å². The maximum absolute atomic E-state index is 5.36. The first-order valence-corrected chi connectivity index (χ1v) is 6.85. The van der Waals surface area contributed by atoms with Crippen molar-refractivity contribution < 1.29 is 4.74 Å². The Kier molecular flexibility index (Phi) is 3.69. The molecule has 106 valence electrons. The van der Waals surface area contributed by atoms with E-state index >= 15 is 0 Å². The summed E-state index contributed by atoms with van der Waals surface area (Å²) in [6.07, 6.45) is 1.80. The highest BCUT2D eigenvalue weighted by molar-refractivity contribution is 5.73. The number of rotatable bonds is 4. The van der Waals surface area contributed by atoms with Crippen LogP contribution in [-0.2, 0) is 6.54 Å². The average molecular weight is 279 g/mol. The molecule has 1 N–H and O–H groups in total. The van der Waals surface area contributed by atoms with Gasteiger partial charge in [0.2, 0.25) is 0 Å². The third-order valence-corrected chi connectivity index (χ3v) is 3.31. The van der Waals surface area contributed by atoms with Crippen LogP contribution in [-0.4, -0.2) is 17.1 Å². The van der Waals surface area contributed by atoms with E-state index in [1.165, 1.54) is 5.56 Å². The topological polar surface area (TPSA) is 47.0 Å². The van der Waals surface area contributed by atoms with Crippen LogP contribution >= 0.6 is 0 Å². The lowest BCUT2D eigenvalue weighted by Gasteiger charge is -2.11. The minimum absolute atomic E-state index is 0.609. The first-order chi connectivity index (χ1) is 10.3. The van der Waals surface area contributed by atoms with Gasteiger partial charge in [-0.15, -0.1) is 0 Å². The SMILES string of the molecule is COc1ccc(C)cc1NCc1cnc2ccccc2n1. The molecule has 4 nitrogen and oxygen atoms in total. The summed E-state index contributed by atoms with van der Waals surface area (Å²) in [5.74, 6) is 0.828. The monoisotopic (exact) mass is 279 g/mol. The summed E-state index contributed by atoms with van der Waals surface area (Å²) in [7, 11) is 1.67. The van der Waals surface area contributed by atoms with Gasteiger partial charge in [-0.05, 0) is 36.8 Å². The number of hydrogen-bond donors (Lipinski definition) is 1. The smallest absolute Gasteiger partial charge is 0.141 e. The molecule has 3 rings (SSSR count). The van der Waals surface area contributed by atoms with E-state index in [1.807, 2.05) is 36.4 Å². The number of methoxy groups -OCH3 is 1. The van der Waals surface area contributed by atoms with E-state index in [2.05, 4.69) is 28.3 Å². The normalized spacial score (nSPS) is 10.6. The van der Waals surface area contributed by atoms with Crippen molar-refractivity contribution in [3.63, 3.8) is 0 Å². The lowest BCUT2D eigenvalue weighted by molar-refractivity contribution is 0.416. The highest BCUT2D eigenvalue weighted by Crippen LogP contribution is 2.25. The Hall–Kier alpha value is -2.62. The van der Waals surface area contributed by atoms with Crippen LogP contribution in [0.25, 0.3) is 11.0 Å². The molecule has 0 aliphatic carbocycles. The summed E-state index contributed by atoms with van der Waals surface area (Å²) < 4.78 is 5.36. The molecule has 3 aromatic rings. The second kappa shape index (κ2) is 5.79. The Morgan fingerprint density at radius 3 is 2.71 bits per heavy atom.